The highest BCUT2D eigenvalue weighted by Crippen LogP contribution is 2.34. The van der Waals surface area contributed by atoms with Gasteiger partial charge in [0, 0.05) is 29.1 Å². The van der Waals surface area contributed by atoms with Crippen molar-refractivity contribution in [3.05, 3.63) is 76.8 Å². The highest BCUT2D eigenvalue weighted by Gasteiger charge is 2.23. The summed E-state index contributed by atoms with van der Waals surface area (Å²) in [6.07, 6.45) is 0. The molecule has 0 aliphatic rings. The molecule has 10 heteroatoms. The number of halogens is 1. The number of amides is 1. The van der Waals surface area contributed by atoms with Gasteiger partial charge in [-0.3, -0.25) is 4.79 Å². The summed E-state index contributed by atoms with van der Waals surface area (Å²) >= 11 is 7.69. The van der Waals surface area contributed by atoms with E-state index in [4.69, 9.17) is 21.1 Å². The van der Waals surface area contributed by atoms with Crippen molar-refractivity contribution in [3.63, 3.8) is 0 Å². The molecule has 0 radical (unpaired) electrons. The summed E-state index contributed by atoms with van der Waals surface area (Å²) in [5, 5.41) is 6.53. The van der Waals surface area contributed by atoms with Crippen LogP contribution in [0.1, 0.15) is 11.1 Å². The maximum atomic E-state index is 13.5. The largest absolute Gasteiger partial charge is 0.493 e. The van der Waals surface area contributed by atoms with E-state index in [0.29, 0.717) is 28.8 Å². The number of ether oxygens (including phenoxy) is 2. The number of thioether (sulfide) groups is 1. The van der Waals surface area contributed by atoms with Crippen molar-refractivity contribution >= 4 is 44.8 Å². The van der Waals surface area contributed by atoms with Crippen LogP contribution in [0.25, 0.3) is 0 Å². The molecule has 2 N–H and O–H groups in total. The van der Waals surface area contributed by atoms with E-state index in [1.54, 1.807) is 36.0 Å². The van der Waals surface area contributed by atoms with Crippen LogP contribution >= 0.6 is 23.4 Å². The number of benzene rings is 3. The summed E-state index contributed by atoms with van der Waals surface area (Å²) < 4.78 is 37.4. The van der Waals surface area contributed by atoms with Crippen LogP contribution < -0.4 is 20.1 Å². The third kappa shape index (κ3) is 7.32. The first-order valence-corrected chi connectivity index (χ1v) is 14.2. The number of carbonyl (C=O) groups is 1. The van der Waals surface area contributed by atoms with Crippen LogP contribution in [0.2, 0.25) is 5.02 Å². The first-order valence-electron chi connectivity index (χ1n) is 11.1. The van der Waals surface area contributed by atoms with Crippen molar-refractivity contribution in [1.82, 2.24) is 5.32 Å². The van der Waals surface area contributed by atoms with E-state index in [2.05, 4.69) is 10.6 Å². The van der Waals surface area contributed by atoms with Gasteiger partial charge in [-0.1, -0.05) is 29.8 Å². The van der Waals surface area contributed by atoms with Gasteiger partial charge < -0.3 is 20.1 Å². The fourth-order valence-electron chi connectivity index (χ4n) is 3.43. The van der Waals surface area contributed by atoms with Gasteiger partial charge in [0.15, 0.2) is 11.5 Å². The lowest BCUT2D eigenvalue weighted by atomic mass is 10.2. The van der Waals surface area contributed by atoms with Crippen LogP contribution in [-0.2, 0) is 20.4 Å². The van der Waals surface area contributed by atoms with Crippen LogP contribution in [0.3, 0.4) is 0 Å². The molecule has 192 valence electrons. The Morgan fingerprint density at radius 3 is 2.50 bits per heavy atom. The van der Waals surface area contributed by atoms with Gasteiger partial charge in [-0.2, -0.15) is 11.8 Å². The lowest BCUT2D eigenvalue weighted by Gasteiger charge is -2.15. The molecule has 36 heavy (non-hydrogen) atoms. The third-order valence-corrected chi connectivity index (χ3v) is 8.31. The molecule has 0 aliphatic carbocycles. The zero-order chi connectivity index (χ0) is 26.1. The van der Waals surface area contributed by atoms with Gasteiger partial charge in [-0.15, -0.1) is 0 Å². The molecule has 0 aliphatic heterocycles. The highest BCUT2D eigenvalue weighted by molar-refractivity contribution is 7.98. The SMILES string of the molecule is COc1ccc(S(=O)(=O)c2cc(C)ccc2NCC(=O)NCCSCc2cccc(Cl)c2)cc1OC. The van der Waals surface area contributed by atoms with E-state index in [9.17, 15) is 13.2 Å². The fourth-order valence-corrected chi connectivity index (χ4v) is 5.98. The average molecular weight is 549 g/mol. The lowest BCUT2D eigenvalue weighted by molar-refractivity contribution is -0.119. The number of hydrogen-bond acceptors (Lipinski definition) is 7. The van der Waals surface area contributed by atoms with E-state index in [-0.39, 0.29) is 22.2 Å². The summed E-state index contributed by atoms with van der Waals surface area (Å²) in [5.74, 6) is 2.06. The molecule has 7 nitrogen and oxygen atoms in total. The standard InChI is InChI=1S/C26H29ClN2O5S2/c1-18-7-9-22(25(13-18)36(31,32)21-8-10-23(33-2)24(15-21)34-3)29-16-26(30)28-11-12-35-17-19-5-4-6-20(27)14-19/h4-10,13-15,29H,11-12,16-17H2,1-3H3,(H,28,30). The first-order chi connectivity index (χ1) is 17.2. The maximum Gasteiger partial charge on any atom is 0.239 e. The number of sulfone groups is 1. The molecular weight excluding hydrogens is 520 g/mol. The average Bonchev–Trinajstić information content (AvgIpc) is 2.87. The predicted molar refractivity (Wildman–Crippen MR) is 145 cm³/mol. The minimum atomic E-state index is -3.89. The van der Waals surface area contributed by atoms with E-state index in [0.717, 1.165) is 22.6 Å². The van der Waals surface area contributed by atoms with Gasteiger partial charge in [0.1, 0.15) is 0 Å². The molecule has 0 bridgehead atoms. The first kappa shape index (κ1) is 27.7. The Hall–Kier alpha value is -2.88. The minimum Gasteiger partial charge on any atom is -0.493 e. The zero-order valence-corrected chi connectivity index (χ0v) is 22.7. The van der Waals surface area contributed by atoms with Crippen molar-refractivity contribution in [2.45, 2.75) is 22.5 Å². The summed E-state index contributed by atoms with van der Waals surface area (Å²) in [6.45, 7) is 2.25. The van der Waals surface area contributed by atoms with E-state index in [1.165, 1.54) is 26.4 Å². The molecule has 3 aromatic rings. The number of hydrogen-bond donors (Lipinski definition) is 2. The Balaban J connectivity index is 1.61. The molecule has 0 saturated heterocycles. The predicted octanol–water partition coefficient (Wildman–Crippen LogP) is 4.96. The number of rotatable bonds is 12. The number of nitrogens with one attached hydrogen (secondary N) is 2. The molecule has 0 aromatic heterocycles. The quantitative estimate of drug-likeness (QED) is 0.309. The molecule has 0 spiro atoms. The van der Waals surface area contributed by atoms with Crippen molar-refractivity contribution in [2.75, 3.05) is 38.4 Å². The smallest absolute Gasteiger partial charge is 0.239 e. The van der Waals surface area contributed by atoms with Gasteiger partial charge >= 0.3 is 0 Å². The van der Waals surface area contributed by atoms with Crippen molar-refractivity contribution in [2.24, 2.45) is 0 Å². The van der Waals surface area contributed by atoms with E-state index in [1.807, 2.05) is 31.2 Å². The maximum absolute atomic E-state index is 13.5. The highest BCUT2D eigenvalue weighted by atomic mass is 35.5. The van der Waals surface area contributed by atoms with Crippen LogP contribution in [-0.4, -0.2) is 47.4 Å². The van der Waals surface area contributed by atoms with Gasteiger partial charge in [0.25, 0.3) is 0 Å². The number of methoxy groups -OCH3 is 2. The second-order valence-electron chi connectivity index (χ2n) is 7.91. The minimum absolute atomic E-state index is 0.0591. The third-order valence-electron chi connectivity index (χ3n) is 5.26. The van der Waals surface area contributed by atoms with Gasteiger partial charge in [0.2, 0.25) is 15.7 Å². The Bertz CT molecular complexity index is 1320. The summed E-state index contributed by atoms with van der Waals surface area (Å²) in [5.41, 5.74) is 2.25. The fraction of sp³-hybridized carbons (Fsp3) is 0.269. The van der Waals surface area contributed by atoms with Gasteiger partial charge in [0.05, 0.1) is 36.2 Å². The monoisotopic (exact) mass is 548 g/mol. The molecule has 0 heterocycles. The second kappa shape index (κ2) is 12.9. The molecule has 1 amide bonds. The Kier molecular flexibility index (Phi) is 9.92. The van der Waals surface area contributed by atoms with Crippen LogP contribution in [0, 0.1) is 6.92 Å². The normalized spacial score (nSPS) is 11.1. The summed E-state index contributed by atoms with van der Waals surface area (Å²) in [7, 11) is -0.963. The van der Waals surface area contributed by atoms with E-state index >= 15 is 0 Å². The molecule has 0 saturated carbocycles. The van der Waals surface area contributed by atoms with Crippen molar-refractivity contribution in [1.29, 1.82) is 0 Å². The number of aryl methyl sites for hydroxylation is 1. The Morgan fingerprint density at radius 2 is 1.78 bits per heavy atom. The molecular formula is C26H29ClN2O5S2. The molecule has 0 atom stereocenters. The second-order valence-corrected chi connectivity index (χ2v) is 11.4. The summed E-state index contributed by atoms with van der Waals surface area (Å²) in [6, 6.07) is 17.2. The van der Waals surface area contributed by atoms with Gasteiger partial charge in [-0.25, -0.2) is 8.42 Å². The Labute approximate surface area is 221 Å². The molecule has 0 unspecified atom stereocenters. The van der Waals surface area contributed by atoms with E-state index < -0.39 is 9.84 Å². The van der Waals surface area contributed by atoms with Crippen LogP contribution in [0.5, 0.6) is 11.5 Å². The lowest BCUT2D eigenvalue weighted by Crippen LogP contribution is -2.31. The molecule has 3 rings (SSSR count). The van der Waals surface area contributed by atoms with Crippen molar-refractivity contribution in [3.8, 4) is 11.5 Å². The molecule has 3 aromatic carbocycles. The number of carbonyl (C=O) groups excluding carboxylic acids is 1. The molecule has 0 fully saturated rings. The zero-order valence-electron chi connectivity index (χ0n) is 20.3. The van der Waals surface area contributed by atoms with Crippen LogP contribution in [0.15, 0.2) is 70.5 Å². The topological polar surface area (TPSA) is 93.7 Å². The number of anilines is 1. The van der Waals surface area contributed by atoms with Crippen LogP contribution in [0.4, 0.5) is 5.69 Å². The summed E-state index contributed by atoms with van der Waals surface area (Å²) in [4.78, 5) is 12.5. The Morgan fingerprint density at radius 1 is 1.00 bits per heavy atom. The van der Waals surface area contributed by atoms with Crippen molar-refractivity contribution < 1.29 is 22.7 Å². The van der Waals surface area contributed by atoms with Gasteiger partial charge in [-0.05, 0) is 54.4 Å².